The summed E-state index contributed by atoms with van der Waals surface area (Å²) >= 11 is 6.20. The van der Waals surface area contributed by atoms with Gasteiger partial charge in [-0.1, -0.05) is 23.7 Å². The molecule has 2 aromatic carbocycles. The maximum absolute atomic E-state index is 13.5. The van der Waals surface area contributed by atoms with Crippen molar-refractivity contribution in [1.29, 1.82) is 0 Å². The minimum Gasteiger partial charge on any atom is -0.484 e. The van der Waals surface area contributed by atoms with E-state index in [2.05, 4.69) is 10.3 Å². The molecule has 0 bridgehead atoms. The molecule has 0 spiro atoms. The summed E-state index contributed by atoms with van der Waals surface area (Å²) in [6.07, 6.45) is 0.433. The van der Waals surface area contributed by atoms with Gasteiger partial charge in [0.25, 0.3) is 15.9 Å². The van der Waals surface area contributed by atoms with Crippen LogP contribution in [0.4, 0.5) is 11.4 Å². The zero-order valence-corrected chi connectivity index (χ0v) is 19.9. The summed E-state index contributed by atoms with van der Waals surface area (Å²) in [6, 6.07) is 12.6. The van der Waals surface area contributed by atoms with Crippen LogP contribution in [0, 0.1) is 6.92 Å². The maximum atomic E-state index is 13.5. The number of ether oxygens (including phenoxy) is 2. The molecule has 0 aliphatic carbocycles. The van der Waals surface area contributed by atoms with Crippen LogP contribution in [0.2, 0.25) is 5.02 Å². The number of aliphatic hydroxyl groups is 1. The summed E-state index contributed by atoms with van der Waals surface area (Å²) < 4.78 is 38.8. The summed E-state index contributed by atoms with van der Waals surface area (Å²) in [5.41, 5.74) is 1.59. The first-order chi connectivity index (χ1) is 16.2. The first-order valence-corrected chi connectivity index (χ1v) is 12.1. The number of hydrogen-bond donors (Lipinski definition) is 2. The van der Waals surface area contributed by atoms with Gasteiger partial charge in [0.2, 0.25) is 5.88 Å². The lowest BCUT2D eigenvalue weighted by atomic mass is 10.1. The van der Waals surface area contributed by atoms with Crippen molar-refractivity contribution in [3.8, 4) is 11.6 Å². The molecule has 2 N–H and O–H groups in total. The zero-order valence-electron chi connectivity index (χ0n) is 18.4. The van der Waals surface area contributed by atoms with Gasteiger partial charge in [0.15, 0.2) is 0 Å². The first-order valence-electron chi connectivity index (χ1n) is 10.3. The second-order valence-electron chi connectivity index (χ2n) is 7.56. The van der Waals surface area contributed by atoms with Gasteiger partial charge < -0.3 is 19.9 Å². The van der Waals surface area contributed by atoms with Crippen LogP contribution in [-0.4, -0.2) is 50.8 Å². The smallest absolute Gasteiger partial charge is 0.266 e. The molecule has 0 saturated carbocycles. The number of aryl methyl sites for hydroxylation is 1. The van der Waals surface area contributed by atoms with Crippen LogP contribution in [0.15, 0.2) is 59.6 Å². The van der Waals surface area contributed by atoms with Crippen molar-refractivity contribution in [2.24, 2.45) is 0 Å². The molecule has 4 rings (SSSR count). The molecule has 34 heavy (non-hydrogen) atoms. The fourth-order valence-corrected chi connectivity index (χ4v) is 5.34. The van der Waals surface area contributed by atoms with Gasteiger partial charge in [-0.05, 0) is 42.8 Å². The summed E-state index contributed by atoms with van der Waals surface area (Å²) in [4.78, 5) is 16.8. The second-order valence-corrected chi connectivity index (χ2v) is 9.83. The van der Waals surface area contributed by atoms with Gasteiger partial charge in [-0.25, -0.2) is 13.4 Å². The van der Waals surface area contributed by atoms with Gasteiger partial charge in [-0.2, -0.15) is 0 Å². The van der Waals surface area contributed by atoms with Crippen LogP contribution in [-0.2, 0) is 10.0 Å². The Balaban J connectivity index is 1.71. The van der Waals surface area contributed by atoms with E-state index in [-0.39, 0.29) is 35.4 Å². The summed E-state index contributed by atoms with van der Waals surface area (Å²) in [5, 5.41) is 12.7. The van der Waals surface area contributed by atoms with Crippen molar-refractivity contribution in [3.63, 3.8) is 0 Å². The fraction of sp³-hybridized carbons (Fsp3) is 0.217. The normalized spacial score (nSPS) is 15.3. The predicted molar refractivity (Wildman–Crippen MR) is 127 cm³/mol. The number of benzene rings is 2. The molecule has 0 radical (unpaired) electrons. The van der Waals surface area contributed by atoms with E-state index in [4.69, 9.17) is 21.1 Å². The molecule has 9 nitrogen and oxygen atoms in total. The second kappa shape index (κ2) is 9.49. The number of carbonyl (C=O) groups excluding carboxylic acids is 1. The number of nitrogens with one attached hydrogen (secondary N) is 1. The lowest BCUT2D eigenvalue weighted by molar-refractivity contribution is 0.102. The first kappa shape index (κ1) is 23.8. The molecule has 1 aromatic heterocycles. The van der Waals surface area contributed by atoms with Crippen LogP contribution in [0.3, 0.4) is 0 Å². The molecule has 0 unspecified atom stereocenters. The van der Waals surface area contributed by atoms with Crippen molar-refractivity contribution in [2.75, 3.05) is 29.9 Å². The molecule has 2 heterocycles. The zero-order chi connectivity index (χ0) is 24.5. The molecular formula is C23H22ClN3O6S. The van der Waals surface area contributed by atoms with Gasteiger partial charge >= 0.3 is 0 Å². The Hall–Kier alpha value is -3.34. The monoisotopic (exact) mass is 503 g/mol. The maximum Gasteiger partial charge on any atom is 0.266 e. The molecule has 1 aliphatic rings. The Kier molecular flexibility index (Phi) is 6.65. The molecule has 1 atom stereocenters. The molecule has 11 heteroatoms. The van der Waals surface area contributed by atoms with E-state index in [0.717, 1.165) is 4.31 Å². The Morgan fingerprint density at radius 1 is 1.29 bits per heavy atom. The minimum atomic E-state index is -4.06. The number of nitrogens with zero attached hydrogens (tertiary/aromatic N) is 2. The number of methoxy groups -OCH3 is 1. The van der Waals surface area contributed by atoms with E-state index >= 15 is 0 Å². The lowest BCUT2D eigenvalue weighted by Gasteiger charge is -2.35. The van der Waals surface area contributed by atoms with Crippen molar-refractivity contribution in [1.82, 2.24) is 4.98 Å². The summed E-state index contributed by atoms with van der Waals surface area (Å²) in [6.45, 7) is 1.27. The van der Waals surface area contributed by atoms with E-state index in [9.17, 15) is 18.3 Å². The van der Waals surface area contributed by atoms with Gasteiger partial charge in [0.1, 0.15) is 16.7 Å². The lowest BCUT2D eigenvalue weighted by Crippen LogP contribution is -2.45. The minimum absolute atomic E-state index is 0.0565. The molecule has 178 valence electrons. The number of aliphatic hydroxyl groups excluding tert-OH is 1. The largest absolute Gasteiger partial charge is 0.484 e. The van der Waals surface area contributed by atoms with E-state index in [1.54, 1.807) is 37.3 Å². The topological polar surface area (TPSA) is 118 Å². The van der Waals surface area contributed by atoms with E-state index in [1.165, 1.54) is 31.5 Å². The van der Waals surface area contributed by atoms with E-state index in [0.29, 0.717) is 21.8 Å². The number of hydrogen-bond acceptors (Lipinski definition) is 7. The van der Waals surface area contributed by atoms with E-state index < -0.39 is 22.0 Å². The third kappa shape index (κ3) is 4.52. The van der Waals surface area contributed by atoms with Crippen LogP contribution < -0.4 is 19.1 Å². The molecule has 0 fully saturated rings. The van der Waals surface area contributed by atoms with Crippen molar-refractivity contribution in [2.45, 2.75) is 17.9 Å². The fourth-order valence-electron chi connectivity index (χ4n) is 3.59. The van der Waals surface area contributed by atoms with Crippen LogP contribution in [0.25, 0.3) is 0 Å². The van der Waals surface area contributed by atoms with Crippen LogP contribution in [0.5, 0.6) is 11.6 Å². The highest BCUT2D eigenvalue weighted by atomic mass is 35.5. The summed E-state index contributed by atoms with van der Waals surface area (Å²) in [7, 11) is -2.63. The predicted octanol–water partition coefficient (Wildman–Crippen LogP) is 3.25. The molecule has 3 aromatic rings. The van der Waals surface area contributed by atoms with Gasteiger partial charge in [-0.15, -0.1) is 0 Å². The molecule has 1 amide bonds. The van der Waals surface area contributed by atoms with Gasteiger partial charge in [0.05, 0.1) is 42.7 Å². The quantitative estimate of drug-likeness (QED) is 0.530. The van der Waals surface area contributed by atoms with Crippen molar-refractivity contribution in [3.05, 3.63) is 70.9 Å². The number of amides is 1. The Morgan fingerprint density at radius 2 is 2.09 bits per heavy atom. The number of sulfonamides is 1. The number of fused-ring (bicyclic) bond motifs is 1. The van der Waals surface area contributed by atoms with Gasteiger partial charge in [-0.3, -0.25) is 9.10 Å². The molecule has 0 saturated heterocycles. The van der Waals surface area contributed by atoms with Crippen molar-refractivity contribution < 1.29 is 27.8 Å². The third-order valence-corrected chi connectivity index (χ3v) is 7.39. The Labute approximate surface area is 202 Å². The third-order valence-electron chi connectivity index (χ3n) is 5.31. The van der Waals surface area contributed by atoms with Crippen molar-refractivity contribution >= 4 is 38.9 Å². The highest BCUT2D eigenvalue weighted by Crippen LogP contribution is 2.39. The Morgan fingerprint density at radius 3 is 2.74 bits per heavy atom. The van der Waals surface area contributed by atoms with Crippen LogP contribution >= 0.6 is 11.6 Å². The average Bonchev–Trinajstić information content (AvgIpc) is 2.83. The van der Waals surface area contributed by atoms with Crippen LogP contribution in [0.1, 0.15) is 15.9 Å². The Bertz CT molecular complexity index is 1310. The molecule has 1 aliphatic heterocycles. The number of aromatic nitrogens is 1. The number of halogens is 1. The average molecular weight is 504 g/mol. The molecular weight excluding hydrogens is 482 g/mol. The van der Waals surface area contributed by atoms with Gasteiger partial charge in [0, 0.05) is 11.8 Å². The standard InChI is InChI=1S/C23H22ClN3O6S/c1-14-4-3-5-18(24)22(14)23(29)26-15-6-8-20-19(10-15)27(12-16(13-28)33-20)34(30,31)17-7-9-21(32-2)25-11-17/h3-11,16,28H,12-13H2,1-2H3,(H,26,29)/t16-/m1/s1. The number of rotatable bonds is 6. The SMILES string of the molecule is COc1ccc(S(=O)(=O)N2C[C@H](CO)Oc3ccc(NC(=O)c4c(C)cccc4Cl)cc32)cn1. The summed E-state index contributed by atoms with van der Waals surface area (Å²) in [5.74, 6) is 0.0958. The number of anilines is 2. The highest BCUT2D eigenvalue weighted by Gasteiger charge is 2.35. The number of pyridine rings is 1. The highest BCUT2D eigenvalue weighted by molar-refractivity contribution is 7.92. The number of carbonyl (C=O) groups is 1. The van der Waals surface area contributed by atoms with E-state index in [1.807, 2.05) is 0 Å².